The maximum absolute atomic E-state index is 5.53. The van der Waals surface area contributed by atoms with Gasteiger partial charge in [0, 0.05) is 5.75 Å². The molecule has 0 aliphatic carbocycles. The highest BCUT2D eigenvalue weighted by molar-refractivity contribution is 7.99. The van der Waals surface area contributed by atoms with E-state index in [2.05, 4.69) is 43.5 Å². The summed E-state index contributed by atoms with van der Waals surface area (Å²) in [6.07, 6.45) is 0. The van der Waals surface area contributed by atoms with Crippen LogP contribution in [0.3, 0.4) is 0 Å². The van der Waals surface area contributed by atoms with E-state index in [0.717, 1.165) is 11.5 Å². The Morgan fingerprint density at radius 3 is 2.86 bits per heavy atom. The van der Waals surface area contributed by atoms with E-state index < -0.39 is 0 Å². The average molecular weight is 210 g/mol. The molecule has 14 heavy (non-hydrogen) atoms. The topological polar surface area (TPSA) is 38.0 Å². The summed E-state index contributed by atoms with van der Waals surface area (Å²) in [4.78, 5) is 0. The third kappa shape index (κ3) is 3.33. The van der Waals surface area contributed by atoms with Gasteiger partial charge in [-0.2, -0.15) is 11.8 Å². The molecule has 0 fully saturated rings. The Hall–Kier alpha value is -0.510. The number of hydrazine groups is 1. The van der Waals surface area contributed by atoms with Crippen LogP contribution in [0.5, 0.6) is 0 Å². The highest BCUT2D eigenvalue weighted by Gasteiger charge is 2.08. The van der Waals surface area contributed by atoms with Crippen molar-refractivity contribution in [1.29, 1.82) is 0 Å². The number of hydrogen-bond donors (Lipinski definition) is 2. The number of aryl methyl sites for hydroxylation is 1. The van der Waals surface area contributed by atoms with Crippen LogP contribution in [0, 0.1) is 6.92 Å². The summed E-state index contributed by atoms with van der Waals surface area (Å²) in [6, 6.07) is 8.74. The van der Waals surface area contributed by atoms with Gasteiger partial charge in [-0.25, -0.2) is 0 Å². The molecule has 1 unspecified atom stereocenters. The van der Waals surface area contributed by atoms with Crippen molar-refractivity contribution in [1.82, 2.24) is 5.43 Å². The summed E-state index contributed by atoms with van der Waals surface area (Å²) in [5.74, 6) is 7.69. The SMILES string of the molecule is CCSCC(NN)c1cccc(C)c1. The molecule has 1 atom stereocenters. The molecule has 0 heterocycles. The summed E-state index contributed by atoms with van der Waals surface area (Å²) < 4.78 is 0. The van der Waals surface area contributed by atoms with Gasteiger partial charge in [0.25, 0.3) is 0 Å². The van der Waals surface area contributed by atoms with Crippen LogP contribution in [-0.2, 0) is 0 Å². The third-order valence-corrected chi connectivity index (χ3v) is 3.11. The minimum atomic E-state index is 0.264. The molecule has 0 spiro atoms. The lowest BCUT2D eigenvalue weighted by Gasteiger charge is -2.15. The molecule has 0 saturated carbocycles. The molecule has 0 aliphatic rings. The first-order valence-electron chi connectivity index (χ1n) is 4.88. The quantitative estimate of drug-likeness (QED) is 0.578. The number of rotatable bonds is 5. The van der Waals surface area contributed by atoms with E-state index in [-0.39, 0.29) is 6.04 Å². The zero-order chi connectivity index (χ0) is 10.4. The van der Waals surface area contributed by atoms with Gasteiger partial charge in [0.15, 0.2) is 0 Å². The molecule has 1 aromatic carbocycles. The molecule has 0 saturated heterocycles. The maximum atomic E-state index is 5.53. The van der Waals surface area contributed by atoms with Crippen molar-refractivity contribution in [3.63, 3.8) is 0 Å². The first-order valence-corrected chi connectivity index (χ1v) is 6.03. The van der Waals surface area contributed by atoms with E-state index in [9.17, 15) is 0 Å². The molecule has 3 heteroatoms. The Bertz CT molecular complexity index is 276. The molecular weight excluding hydrogens is 192 g/mol. The molecule has 0 radical (unpaired) electrons. The van der Waals surface area contributed by atoms with Crippen LogP contribution in [-0.4, -0.2) is 11.5 Å². The Balaban J connectivity index is 2.68. The molecular formula is C11H18N2S. The third-order valence-electron chi connectivity index (χ3n) is 2.13. The Morgan fingerprint density at radius 2 is 2.29 bits per heavy atom. The predicted molar refractivity (Wildman–Crippen MR) is 64.2 cm³/mol. The van der Waals surface area contributed by atoms with E-state index >= 15 is 0 Å². The molecule has 78 valence electrons. The van der Waals surface area contributed by atoms with Gasteiger partial charge in [0.05, 0.1) is 6.04 Å². The Labute approximate surface area is 90.2 Å². The molecule has 0 aliphatic heterocycles. The fourth-order valence-corrected chi connectivity index (χ4v) is 2.12. The summed E-state index contributed by atoms with van der Waals surface area (Å²) in [5, 5.41) is 0. The average Bonchev–Trinajstić information content (AvgIpc) is 2.19. The predicted octanol–water partition coefficient (Wildman–Crippen LogP) is 2.25. The fraction of sp³-hybridized carbons (Fsp3) is 0.455. The molecule has 0 bridgehead atoms. The second kappa shape index (κ2) is 6.06. The monoisotopic (exact) mass is 210 g/mol. The van der Waals surface area contributed by atoms with Crippen LogP contribution >= 0.6 is 11.8 Å². The molecule has 1 rings (SSSR count). The Kier molecular flexibility index (Phi) is 5.01. The summed E-state index contributed by atoms with van der Waals surface area (Å²) in [6.45, 7) is 4.26. The zero-order valence-corrected chi connectivity index (χ0v) is 9.60. The standard InChI is InChI=1S/C11H18N2S/c1-3-14-8-11(13-12)10-6-4-5-9(2)7-10/h4-7,11,13H,3,8,12H2,1-2H3. The molecule has 1 aromatic rings. The van der Waals surface area contributed by atoms with Crippen LogP contribution < -0.4 is 11.3 Å². The van der Waals surface area contributed by atoms with Gasteiger partial charge >= 0.3 is 0 Å². The molecule has 3 N–H and O–H groups in total. The molecule has 2 nitrogen and oxygen atoms in total. The smallest absolute Gasteiger partial charge is 0.0550 e. The maximum Gasteiger partial charge on any atom is 0.0550 e. The van der Waals surface area contributed by atoms with Crippen molar-refractivity contribution in [2.75, 3.05) is 11.5 Å². The highest BCUT2D eigenvalue weighted by Crippen LogP contribution is 2.18. The molecule has 0 amide bonds. The largest absolute Gasteiger partial charge is 0.271 e. The number of hydrogen-bond acceptors (Lipinski definition) is 3. The summed E-state index contributed by atoms with van der Waals surface area (Å²) in [5.41, 5.74) is 5.41. The first kappa shape index (κ1) is 11.6. The van der Waals surface area contributed by atoms with E-state index in [1.807, 2.05) is 11.8 Å². The van der Waals surface area contributed by atoms with Crippen molar-refractivity contribution in [3.05, 3.63) is 35.4 Å². The molecule has 0 aromatic heterocycles. The minimum absolute atomic E-state index is 0.264. The summed E-state index contributed by atoms with van der Waals surface area (Å²) in [7, 11) is 0. The zero-order valence-electron chi connectivity index (χ0n) is 8.79. The van der Waals surface area contributed by atoms with Gasteiger partial charge < -0.3 is 0 Å². The van der Waals surface area contributed by atoms with Gasteiger partial charge in [-0.05, 0) is 18.2 Å². The van der Waals surface area contributed by atoms with Crippen molar-refractivity contribution in [2.45, 2.75) is 19.9 Å². The highest BCUT2D eigenvalue weighted by atomic mass is 32.2. The second-order valence-corrected chi connectivity index (χ2v) is 4.61. The van der Waals surface area contributed by atoms with Crippen LogP contribution in [0.2, 0.25) is 0 Å². The van der Waals surface area contributed by atoms with E-state index in [0.29, 0.717) is 0 Å². The number of thioether (sulfide) groups is 1. The van der Waals surface area contributed by atoms with Crippen LogP contribution in [0.15, 0.2) is 24.3 Å². The fourth-order valence-electron chi connectivity index (χ4n) is 1.36. The van der Waals surface area contributed by atoms with Crippen LogP contribution in [0.4, 0.5) is 0 Å². The van der Waals surface area contributed by atoms with Crippen LogP contribution in [0.25, 0.3) is 0 Å². The number of nitrogens with two attached hydrogens (primary N) is 1. The van der Waals surface area contributed by atoms with Gasteiger partial charge in [-0.1, -0.05) is 36.8 Å². The van der Waals surface area contributed by atoms with Crippen molar-refractivity contribution >= 4 is 11.8 Å². The van der Waals surface area contributed by atoms with Crippen molar-refractivity contribution in [2.24, 2.45) is 5.84 Å². The van der Waals surface area contributed by atoms with Gasteiger partial charge in [-0.15, -0.1) is 0 Å². The number of nitrogens with one attached hydrogen (secondary N) is 1. The lowest BCUT2D eigenvalue weighted by Crippen LogP contribution is -2.29. The van der Waals surface area contributed by atoms with E-state index in [1.165, 1.54) is 11.1 Å². The Morgan fingerprint density at radius 1 is 1.50 bits per heavy atom. The van der Waals surface area contributed by atoms with Crippen molar-refractivity contribution < 1.29 is 0 Å². The minimum Gasteiger partial charge on any atom is -0.271 e. The lowest BCUT2D eigenvalue weighted by atomic mass is 10.1. The lowest BCUT2D eigenvalue weighted by molar-refractivity contribution is 0.610. The van der Waals surface area contributed by atoms with Gasteiger partial charge in [-0.3, -0.25) is 11.3 Å². The number of benzene rings is 1. The van der Waals surface area contributed by atoms with E-state index in [1.54, 1.807) is 0 Å². The summed E-state index contributed by atoms with van der Waals surface area (Å²) >= 11 is 1.90. The normalized spacial score (nSPS) is 12.8. The second-order valence-electron chi connectivity index (χ2n) is 3.29. The van der Waals surface area contributed by atoms with E-state index in [4.69, 9.17) is 5.84 Å². The van der Waals surface area contributed by atoms with Gasteiger partial charge in [0.2, 0.25) is 0 Å². The van der Waals surface area contributed by atoms with Gasteiger partial charge in [0.1, 0.15) is 0 Å². The van der Waals surface area contributed by atoms with Crippen molar-refractivity contribution in [3.8, 4) is 0 Å². The first-order chi connectivity index (χ1) is 6.77. The van der Waals surface area contributed by atoms with Crippen LogP contribution in [0.1, 0.15) is 24.1 Å².